The Hall–Kier alpha value is -2.66. The van der Waals surface area contributed by atoms with E-state index in [0.29, 0.717) is 25.6 Å². The van der Waals surface area contributed by atoms with Gasteiger partial charge in [-0.25, -0.2) is 4.79 Å². The minimum atomic E-state index is -4.43. The standard InChI is InChI=1S/C20H24F3N5O3/c1-14(27-8-5-26(6-9-27)7-10-28-11-12-30-19(28)29)18-24-17(25-31-18)15-3-2-4-16(13-15)20(21,22)23/h2-4,13-14H,5-12H2,1H3. The van der Waals surface area contributed by atoms with Gasteiger partial charge in [-0.3, -0.25) is 9.80 Å². The van der Waals surface area contributed by atoms with Crippen LogP contribution in [-0.4, -0.2) is 83.4 Å². The second-order valence-electron chi connectivity index (χ2n) is 7.69. The highest BCUT2D eigenvalue weighted by atomic mass is 19.4. The van der Waals surface area contributed by atoms with Crippen molar-refractivity contribution in [2.24, 2.45) is 0 Å². The summed E-state index contributed by atoms with van der Waals surface area (Å²) < 4.78 is 49.2. The molecule has 2 saturated heterocycles. The first-order chi connectivity index (χ1) is 14.8. The number of carbonyl (C=O) groups excluding carboxylic acids is 1. The number of amides is 1. The zero-order valence-corrected chi connectivity index (χ0v) is 17.1. The summed E-state index contributed by atoms with van der Waals surface area (Å²) in [5.41, 5.74) is -0.481. The van der Waals surface area contributed by atoms with Gasteiger partial charge in [-0.15, -0.1) is 0 Å². The molecule has 1 atom stereocenters. The lowest BCUT2D eigenvalue weighted by atomic mass is 10.1. The highest BCUT2D eigenvalue weighted by molar-refractivity contribution is 5.69. The van der Waals surface area contributed by atoms with Crippen molar-refractivity contribution in [3.05, 3.63) is 35.7 Å². The second kappa shape index (κ2) is 8.83. The van der Waals surface area contributed by atoms with E-state index in [2.05, 4.69) is 19.9 Å². The van der Waals surface area contributed by atoms with Crippen molar-refractivity contribution in [1.29, 1.82) is 0 Å². The highest BCUT2D eigenvalue weighted by Crippen LogP contribution is 2.32. The van der Waals surface area contributed by atoms with Crippen LogP contribution in [0.4, 0.5) is 18.0 Å². The Bertz CT molecular complexity index is 911. The van der Waals surface area contributed by atoms with Crippen LogP contribution in [0.1, 0.15) is 24.4 Å². The fourth-order valence-electron chi connectivity index (χ4n) is 3.78. The lowest BCUT2D eigenvalue weighted by Crippen LogP contribution is -2.49. The molecule has 168 valence electrons. The summed E-state index contributed by atoms with van der Waals surface area (Å²) in [7, 11) is 0. The van der Waals surface area contributed by atoms with E-state index in [-0.39, 0.29) is 23.5 Å². The minimum Gasteiger partial charge on any atom is -0.448 e. The van der Waals surface area contributed by atoms with Crippen LogP contribution in [0.2, 0.25) is 0 Å². The average molecular weight is 439 g/mol. The second-order valence-corrected chi connectivity index (χ2v) is 7.69. The molecule has 0 spiro atoms. The van der Waals surface area contributed by atoms with E-state index in [1.807, 2.05) is 6.92 Å². The monoisotopic (exact) mass is 439 g/mol. The van der Waals surface area contributed by atoms with Gasteiger partial charge in [0.15, 0.2) is 0 Å². The third-order valence-corrected chi connectivity index (χ3v) is 5.73. The van der Waals surface area contributed by atoms with Crippen molar-refractivity contribution in [1.82, 2.24) is 24.8 Å². The first-order valence-corrected chi connectivity index (χ1v) is 10.2. The molecular formula is C20H24F3N5O3. The number of hydrogen-bond acceptors (Lipinski definition) is 7. The third-order valence-electron chi connectivity index (χ3n) is 5.73. The van der Waals surface area contributed by atoms with E-state index in [4.69, 9.17) is 9.26 Å². The van der Waals surface area contributed by atoms with Gasteiger partial charge >= 0.3 is 12.3 Å². The maximum absolute atomic E-state index is 13.0. The first-order valence-electron chi connectivity index (χ1n) is 10.2. The summed E-state index contributed by atoms with van der Waals surface area (Å²) in [6.45, 7) is 7.72. The number of benzene rings is 1. The number of hydrogen-bond donors (Lipinski definition) is 0. The quantitative estimate of drug-likeness (QED) is 0.685. The number of ether oxygens (including phenoxy) is 1. The number of nitrogens with zero attached hydrogens (tertiary/aromatic N) is 5. The van der Waals surface area contributed by atoms with Gasteiger partial charge in [-0.1, -0.05) is 17.3 Å². The van der Waals surface area contributed by atoms with E-state index in [1.165, 1.54) is 12.1 Å². The third kappa shape index (κ3) is 4.99. The smallest absolute Gasteiger partial charge is 0.416 e. The molecule has 2 aliphatic heterocycles. The molecular weight excluding hydrogens is 415 g/mol. The van der Waals surface area contributed by atoms with Crippen molar-refractivity contribution in [2.75, 3.05) is 52.4 Å². The van der Waals surface area contributed by atoms with Crippen LogP contribution in [0.5, 0.6) is 0 Å². The fraction of sp³-hybridized carbons (Fsp3) is 0.550. The molecule has 1 aromatic heterocycles. The normalized spacial score (nSPS) is 19.6. The lowest BCUT2D eigenvalue weighted by molar-refractivity contribution is -0.137. The molecule has 0 radical (unpaired) electrons. The summed E-state index contributed by atoms with van der Waals surface area (Å²) >= 11 is 0. The molecule has 0 bridgehead atoms. The van der Waals surface area contributed by atoms with Crippen LogP contribution in [0.3, 0.4) is 0 Å². The zero-order valence-electron chi connectivity index (χ0n) is 17.1. The van der Waals surface area contributed by atoms with Gasteiger partial charge < -0.3 is 14.2 Å². The van der Waals surface area contributed by atoms with Crippen molar-refractivity contribution < 1.29 is 27.2 Å². The van der Waals surface area contributed by atoms with Crippen LogP contribution in [0.25, 0.3) is 11.4 Å². The molecule has 0 aliphatic carbocycles. The largest absolute Gasteiger partial charge is 0.448 e. The van der Waals surface area contributed by atoms with E-state index < -0.39 is 11.7 Å². The Morgan fingerprint density at radius 1 is 1.13 bits per heavy atom. The maximum Gasteiger partial charge on any atom is 0.416 e. The molecule has 1 aromatic carbocycles. The van der Waals surface area contributed by atoms with Crippen molar-refractivity contribution in [3.8, 4) is 11.4 Å². The molecule has 1 unspecified atom stereocenters. The van der Waals surface area contributed by atoms with E-state index >= 15 is 0 Å². The summed E-state index contributed by atoms with van der Waals surface area (Å²) in [5, 5.41) is 3.88. The number of rotatable bonds is 6. The van der Waals surface area contributed by atoms with Crippen LogP contribution < -0.4 is 0 Å². The van der Waals surface area contributed by atoms with Crippen molar-refractivity contribution >= 4 is 6.09 Å². The van der Waals surface area contributed by atoms with Gasteiger partial charge in [0.1, 0.15) is 6.61 Å². The van der Waals surface area contributed by atoms with E-state index in [1.54, 1.807) is 4.90 Å². The van der Waals surface area contributed by atoms with Gasteiger partial charge in [-0.2, -0.15) is 18.2 Å². The summed E-state index contributed by atoms with van der Waals surface area (Å²) in [5.74, 6) is 0.518. The van der Waals surface area contributed by atoms with Crippen LogP contribution >= 0.6 is 0 Å². The summed E-state index contributed by atoms with van der Waals surface area (Å²) in [6.07, 6.45) is -4.68. The number of alkyl halides is 3. The molecule has 2 fully saturated rings. The molecule has 31 heavy (non-hydrogen) atoms. The lowest BCUT2D eigenvalue weighted by Gasteiger charge is -2.37. The predicted molar refractivity (Wildman–Crippen MR) is 104 cm³/mol. The Labute approximate surface area is 177 Å². The van der Waals surface area contributed by atoms with E-state index in [9.17, 15) is 18.0 Å². The number of carbonyl (C=O) groups is 1. The molecule has 8 nitrogen and oxygen atoms in total. The number of piperazine rings is 1. The van der Waals surface area contributed by atoms with Gasteiger partial charge in [0, 0.05) is 44.8 Å². The molecule has 0 saturated carbocycles. The fourth-order valence-corrected chi connectivity index (χ4v) is 3.78. The molecule has 4 rings (SSSR count). The zero-order chi connectivity index (χ0) is 22.0. The first kappa shape index (κ1) is 21.6. The topological polar surface area (TPSA) is 74.9 Å². The van der Waals surface area contributed by atoms with Gasteiger partial charge in [-0.05, 0) is 19.1 Å². The average Bonchev–Trinajstić information content (AvgIpc) is 3.41. The maximum atomic E-state index is 13.0. The van der Waals surface area contributed by atoms with Crippen LogP contribution in [0, 0.1) is 0 Å². The predicted octanol–water partition coefficient (Wildman–Crippen LogP) is 2.89. The number of cyclic esters (lactones) is 1. The summed E-state index contributed by atoms with van der Waals surface area (Å²) in [6, 6.07) is 4.75. The molecule has 3 heterocycles. The highest BCUT2D eigenvalue weighted by Gasteiger charge is 2.31. The van der Waals surface area contributed by atoms with Gasteiger partial charge in [0.25, 0.3) is 0 Å². The molecule has 0 N–H and O–H groups in total. The van der Waals surface area contributed by atoms with Crippen LogP contribution in [0.15, 0.2) is 28.8 Å². The van der Waals surface area contributed by atoms with Crippen LogP contribution in [-0.2, 0) is 10.9 Å². The Morgan fingerprint density at radius 3 is 2.58 bits per heavy atom. The Kier molecular flexibility index (Phi) is 6.15. The van der Waals surface area contributed by atoms with Crippen molar-refractivity contribution in [2.45, 2.75) is 19.1 Å². The number of halogens is 3. The molecule has 2 aromatic rings. The SMILES string of the molecule is CC(c1nc(-c2cccc(C(F)(F)F)c2)no1)N1CCN(CCN2CCOC2=O)CC1. The Balaban J connectivity index is 1.32. The minimum absolute atomic E-state index is 0.143. The van der Waals surface area contributed by atoms with E-state index in [0.717, 1.165) is 44.9 Å². The number of aromatic nitrogens is 2. The molecule has 2 aliphatic rings. The molecule has 11 heteroatoms. The van der Waals surface area contributed by atoms with Gasteiger partial charge in [0.2, 0.25) is 11.7 Å². The summed E-state index contributed by atoms with van der Waals surface area (Å²) in [4.78, 5) is 22.0. The van der Waals surface area contributed by atoms with Gasteiger partial charge in [0.05, 0.1) is 18.2 Å². The Morgan fingerprint density at radius 2 is 1.90 bits per heavy atom. The van der Waals surface area contributed by atoms with Crippen molar-refractivity contribution in [3.63, 3.8) is 0 Å². The molecule has 1 amide bonds.